The van der Waals surface area contributed by atoms with E-state index in [1.807, 2.05) is 41.5 Å². The summed E-state index contributed by atoms with van der Waals surface area (Å²) < 4.78 is 39.4. The first-order valence-corrected chi connectivity index (χ1v) is 16.2. The Kier molecular flexibility index (Phi) is 12.7. The maximum Gasteiger partial charge on any atom is 0.190 e. The van der Waals surface area contributed by atoms with Gasteiger partial charge in [0.2, 0.25) is 0 Å². The van der Waals surface area contributed by atoms with Gasteiger partial charge in [-0.3, -0.25) is 9.13 Å². The molecule has 6 heterocycles. The number of halogens is 2. The van der Waals surface area contributed by atoms with Crippen molar-refractivity contribution in [2.24, 2.45) is 14.1 Å². The predicted molar refractivity (Wildman–Crippen MR) is 189 cm³/mol. The van der Waals surface area contributed by atoms with E-state index in [2.05, 4.69) is 137 Å². The number of aryl methyl sites for hydroxylation is 5. The van der Waals surface area contributed by atoms with Crippen LogP contribution >= 0.6 is 0 Å². The number of para-hydroxylation sites is 1. The van der Waals surface area contributed by atoms with Crippen molar-refractivity contribution in [2.45, 2.75) is 20.8 Å². The van der Waals surface area contributed by atoms with Crippen LogP contribution < -0.4 is 13.2 Å². The standard InChI is InChI=1S/C17H14N2.C12H10F2N2.C12H12N2.3Y/c1-13-15-9-5-6-10-16(15)17-11-18(12-19(13)17)14-7-3-2-4-8-14;1-7-9-3-8(13)4-10(14)12(9)11-5-15(2)6-16(7)11;1-9-10-5-3-4-6-11(10)12-7-13(2)8-14(9)12;;;/h2-12H,1H3;3-6H,1-2H3;3-8H,1-2H3;;;. The molecule has 10 rings (SSSR count). The number of hydrogen-bond acceptors (Lipinski definition) is 0. The van der Waals surface area contributed by atoms with Gasteiger partial charge in [0.25, 0.3) is 0 Å². The molecule has 52 heavy (non-hydrogen) atoms. The first-order chi connectivity index (χ1) is 23.7. The third-order valence-corrected chi connectivity index (χ3v) is 9.55. The maximum absolute atomic E-state index is 13.7. The Balaban J connectivity index is 0.000000148. The summed E-state index contributed by atoms with van der Waals surface area (Å²) in [5, 5.41) is 6.45. The van der Waals surface area contributed by atoms with Gasteiger partial charge < -0.3 is 13.2 Å². The fraction of sp³-hybridized carbons (Fsp3) is 0.122. The van der Waals surface area contributed by atoms with Crippen LogP contribution in [0, 0.1) is 32.4 Å². The fourth-order valence-electron chi connectivity index (χ4n) is 7.16. The molecule has 4 aromatic carbocycles. The van der Waals surface area contributed by atoms with Gasteiger partial charge in [-0.1, -0.05) is 87.6 Å². The molecule has 6 aromatic heterocycles. The van der Waals surface area contributed by atoms with E-state index in [1.54, 1.807) is 0 Å². The molecular formula is C41H36F2N6Y3. The molecule has 253 valence electrons. The van der Waals surface area contributed by atoms with Crippen molar-refractivity contribution >= 4 is 48.9 Å². The third kappa shape index (κ3) is 7.12. The molecular weight excluding hydrogens is 881 g/mol. The quantitative estimate of drug-likeness (QED) is 0.120. The molecule has 0 unspecified atom stereocenters. The van der Waals surface area contributed by atoms with Crippen LogP contribution in [0.15, 0.2) is 129 Å². The van der Waals surface area contributed by atoms with Crippen LogP contribution in [0.25, 0.3) is 54.6 Å². The van der Waals surface area contributed by atoms with Gasteiger partial charge in [0.15, 0.2) is 19.0 Å². The maximum atomic E-state index is 13.7. The molecule has 0 atom stereocenters. The van der Waals surface area contributed by atoms with Gasteiger partial charge in [-0.2, -0.15) is 0 Å². The zero-order chi connectivity index (χ0) is 34.0. The van der Waals surface area contributed by atoms with E-state index in [-0.39, 0.29) is 98.1 Å². The van der Waals surface area contributed by atoms with Crippen molar-refractivity contribution in [3.05, 3.63) is 157 Å². The van der Waals surface area contributed by atoms with Gasteiger partial charge in [-0.05, 0) is 44.4 Å². The number of aromatic nitrogens is 6. The molecule has 0 saturated heterocycles. The molecule has 0 spiro atoms. The fourth-order valence-corrected chi connectivity index (χ4v) is 7.16. The van der Waals surface area contributed by atoms with Crippen molar-refractivity contribution in [2.75, 3.05) is 0 Å². The zero-order valence-electron chi connectivity index (χ0n) is 29.8. The van der Waals surface area contributed by atoms with Gasteiger partial charge in [-0.15, -0.1) is 12.1 Å². The number of rotatable bonds is 1. The Bertz CT molecular complexity index is 2820. The molecule has 0 amide bonds. The summed E-state index contributed by atoms with van der Waals surface area (Å²) in [6.07, 6.45) is 12.3. The second-order valence-electron chi connectivity index (χ2n) is 12.7. The number of fused-ring (bicyclic) bond motifs is 9. The van der Waals surface area contributed by atoms with Gasteiger partial charge in [0.1, 0.15) is 5.69 Å². The molecule has 0 saturated carbocycles. The minimum atomic E-state index is -0.536. The number of benzene rings is 4. The molecule has 0 aliphatic carbocycles. The average molecular weight is 917 g/mol. The van der Waals surface area contributed by atoms with Crippen molar-refractivity contribution in [3.63, 3.8) is 0 Å². The summed E-state index contributed by atoms with van der Waals surface area (Å²) in [6, 6.07) is 29.8. The minimum Gasteiger partial charge on any atom is -0.302 e. The average Bonchev–Trinajstić information content (AvgIpc) is 3.94. The monoisotopic (exact) mass is 917 g/mol. The third-order valence-electron chi connectivity index (χ3n) is 9.55. The Morgan fingerprint density at radius 3 is 1.58 bits per heavy atom. The molecule has 11 heteroatoms. The van der Waals surface area contributed by atoms with E-state index in [4.69, 9.17) is 0 Å². The summed E-state index contributed by atoms with van der Waals surface area (Å²) in [5.74, 6) is -1.04. The van der Waals surface area contributed by atoms with Crippen LogP contribution in [0.2, 0.25) is 0 Å². The van der Waals surface area contributed by atoms with Crippen molar-refractivity contribution < 1.29 is 120 Å². The first-order valence-electron chi connectivity index (χ1n) is 16.2. The number of hydrogen-bond donors (Lipinski definition) is 0. The summed E-state index contributed by atoms with van der Waals surface area (Å²) >= 11 is 0. The van der Waals surface area contributed by atoms with E-state index in [0.29, 0.717) is 10.8 Å². The molecule has 3 radical (unpaired) electrons. The molecule has 0 aliphatic rings. The Labute approximate surface area is 376 Å². The van der Waals surface area contributed by atoms with Crippen LogP contribution in [-0.4, -0.2) is 13.7 Å². The predicted octanol–water partition coefficient (Wildman–Crippen LogP) is 7.56. The Morgan fingerprint density at radius 1 is 0.519 bits per heavy atom. The van der Waals surface area contributed by atoms with E-state index < -0.39 is 11.6 Å². The van der Waals surface area contributed by atoms with Crippen LogP contribution in [0.5, 0.6) is 0 Å². The zero-order valence-corrected chi connectivity index (χ0v) is 38.3. The number of imidazole rings is 3. The number of nitrogens with zero attached hydrogens (tertiary/aromatic N) is 6. The molecule has 0 N–H and O–H groups in total. The van der Waals surface area contributed by atoms with E-state index in [9.17, 15) is 8.78 Å². The van der Waals surface area contributed by atoms with E-state index >= 15 is 0 Å². The molecule has 10 aromatic rings. The second kappa shape index (κ2) is 16.3. The normalized spacial score (nSPS) is 10.9. The molecule has 0 bridgehead atoms. The van der Waals surface area contributed by atoms with Gasteiger partial charge in [-0.25, -0.2) is 13.3 Å². The van der Waals surface area contributed by atoms with Gasteiger partial charge in [0, 0.05) is 115 Å². The minimum absolute atomic E-state index is 0. The second-order valence-corrected chi connectivity index (χ2v) is 12.7. The summed E-state index contributed by atoms with van der Waals surface area (Å²) in [5.41, 5.74) is 7.97. The molecule has 6 nitrogen and oxygen atoms in total. The van der Waals surface area contributed by atoms with E-state index in [0.717, 1.165) is 17.3 Å². The summed E-state index contributed by atoms with van der Waals surface area (Å²) in [7, 11) is 3.93. The van der Waals surface area contributed by atoms with E-state index in [1.165, 1.54) is 55.7 Å². The van der Waals surface area contributed by atoms with Gasteiger partial charge in [0.05, 0.1) is 60.9 Å². The van der Waals surface area contributed by atoms with Gasteiger partial charge >= 0.3 is 0 Å². The molecule has 0 aliphatic heterocycles. The Morgan fingerprint density at radius 2 is 0.981 bits per heavy atom. The SMILES string of the molecule is C[c-]1c2cc(F)cc(F)c2c2cn(C)c[n+]21.C[c-]1c2ccccc2c2cn(-c3ccccc3)c[n+]21.C[c-]1c2ccccc2c2cn(C)c[n+]21.[Y].[Y].[Y]. The molecule has 0 fully saturated rings. The summed E-state index contributed by atoms with van der Waals surface area (Å²) in [6.45, 7) is 6.19. The summed E-state index contributed by atoms with van der Waals surface area (Å²) in [4.78, 5) is 0. The van der Waals surface area contributed by atoms with Crippen molar-refractivity contribution in [1.82, 2.24) is 13.7 Å². The topological polar surface area (TPSA) is 27.1 Å². The smallest absolute Gasteiger partial charge is 0.190 e. The first kappa shape index (κ1) is 40.5. The van der Waals surface area contributed by atoms with Crippen LogP contribution in [0.3, 0.4) is 0 Å². The van der Waals surface area contributed by atoms with Crippen LogP contribution in [0.1, 0.15) is 17.1 Å². The van der Waals surface area contributed by atoms with Crippen molar-refractivity contribution in [3.8, 4) is 5.69 Å². The van der Waals surface area contributed by atoms with Crippen LogP contribution in [0.4, 0.5) is 8.78 Å². The Hall–Kier alpha value is -2.71. The van der Waals surface area contributed by atoms with Crippen molar-refractivity contribution in [1.29, 1.82) is 0 Å². The largest absolute Gasteiger partial charge is 0.302 e. The van der Waals surface area contributed by atoms with Crippen LogP contribution in [-0.2, 0) is 112 Å².